The molecule has 1 atom stereocenters. The van der Waals surface area contributed by atoms with E-state index >= 15 is 0 Å². The van der Waals surface area contributed by atoms with E-state index in [-0.39, 0.29) is 24.5 Å². The maximum absolute atomic E-state index is 12.2. The van der Waals surface area contributed by atoms with Crippen molar-refractivity contribution in [3.63, 3.8) is 0 Å². The second-order valence-corrected chi connectivity index (χ2v) is 5.72. The highest BCUT2D eigenvalue weighted by atomic mass is 35.5. The second-order valence-electron chi connectivity index (χ2n) is 4.88. The van der Waals surface area contributed by atoms with Gasteiger partial charge in [0.25, 0.3) is 5.91 Å². The van der Waals surface area contributed by atoms with E-state index in [0.29, 0.717) is 15.6 Å². The maximum Gasteiger partial charge on any atom is 0.290 e. The van der Waals surface area contributed by atoms with Crippen LogP contribution in [0.2, 0.25) is 10.0 Å². The van der Waals surface area contributed by atoms with Gasteiger partial charge in [0.15, 0.2) is 11.5 Å². The number of carbonyl (C=O) groups is 2. The van der Waals surface area contributed by atoms with E-state index in [1.807, 2.05) is 0 Å². The normalized spacial score (nSPS) is 18.3. The first-order chi connectivity index (χ1) is 10.4. The zero-order valence-electron chi connectivity index (χ0n) is 12.1. The minimum atomic E-state index is -0.745. The van der Waals surface area contributed by atoms with E-state index in [1.54, 1.807) is 12.1 Å². The number of Topliss-reactive ketones (excluding diaryl/α,β-unsaturated/α-hetero) is 1. The number of methoxy groups -OCH3 is 1. The lowest BCUT2D eigenvalue weighted by molar-refractivity contribution is -0.130. The Hall–Kier alpha value is -1.56. The molecule has 0 saturated heterocycles. The molecule has 22 heavy (non-hydrogen) atoms. The van der Waals surface area contributed by atoms with Gasteiger partial charge in [0.2, 0.25) is 0 Å². The molecule has 0 radical (unpaired) electrons. The number of nitrogens with zero attached hydrogens (tertiary/aromatic N) is 1. The molecule has 1 aromatic carbocycles. The van der Waals surface area contributed by atoms with Gasteiger partial charge in [0.1, 0.15) is 0 Å². The van der Waals surface area contributed by atoms with Gasteiger partial charge in [-0.3, -0.25) is 9.59 Å². The molecule has 1 N–H and O–H groups in total. The van der Waals surface area contributed by atoms with Gasteiger partial charge in [-0.25, -0.2) is 0 Å². The fraction of sp³-hybridized carbons (Fsp3) is 0.333. The van der Waals surface area contributed by atoms with Crippen LogP contribution in [0.3, 0.4) is 0 Å². The monoisotopic (exact) mass is 343 g/mol. The number of ketones is 1. The van der Waals surface area contributed by atoms with Gasteiger partial charge in [0.05, 0.1) is 18.2 Å². The molecule has 0 spiro atoms. The number of benzene rings is 1. The summed E-state index contributed by atoms with van der Waals surface area (Å²) in [5.41, 5.74) is 0.565. The number of hydrogen-bond donors (Lipinski definition) is 1. The third-order valence-electron chi connectivity index (χ3n) is 3.48. The van der Waals surface area contributed by atoms with Crippen LogP contribution in [0.25, 0.3) is 0 Å². The molecule has 118 valence electrons. The third kappa shape index (κ3) is 2.97. The molecule has 1 aliphatic rings. The first-order valence-electron chi connectivity index (χ1n) is 6.57. The first kappa shape index (κ1) is 16.8. The average molecular weight is 344 g/mol. The van der Waals surface area contributed by atoms with Gasteiger partial charge in [-0.05, 0) is 24.6 Å². The number of rotatable bonds is 5. The largest absolute Gasteiger partial charge is 0.503 e. The van der Waals surface area contributed by atoms with Crippen LogP contribution in [0.5, 0.6) is 0 Å². The van der Waals surface area contributed by atoms with Gasteiger partial charge >= 0.3 is 0 Å². The summed E-state index contributed by atoms with van der Waals surface area (Å²) in [7, 11) is 1.50. The summed E-state index contributed by atoms with van der Waals surface area (Å²) < 4.78 is 4.98. The average Bonchev–Trinajstić information content (AvgIpc) is 2.69. The van der Waals surface area contributed by atoms with Crippen molar-refractivity contribution < 1.29 is 19.4 Å². The number of halogens is 2. The molecule has 1 aliphatic heterocycles. The van der Waals surface area contributed by atoms with Crippen LogP contribution in [0, 0.1) is 0 Å². The second kappa shape index (κ2) is 6.69. The van der Waals surface area contributed by atoms with Crippen molar-refractivity contribution in [3.05, 3.63) is 45.1 Å². The molecule has 0 bridgehead atoms. The molecule has 0 saturated carbocycles. The van der Waals surface area contributed by atoms with E-state index < -0.39 is 17.7 Å². The van der Waals surface area contributed by atoms with Crippen molar-refractivity contribution in [2.75, 3.05) is 20.3 Å². The van der Waals surface area contributed by atoms with Gasteiger partial charge < -0.3 is 14.7 Å². The van der Waals surface area contributed by atoms with Gasteiger partial charge in [0, 0.05) is 23.7 Å². The molecule has 2 rings (SSSR count). The van der Waals surface area contributed by atoms with Crippen molar-refractivity contribution in [1.82, 2.24) is 4.90 Å². The van der Waals surface area contributed by atoms with Crippen molar-refractivity contribution in [3.8, 4) is 0 Å². The minimum absolute atomic E-state index is 0.0327. The minimum Gasteiger partial charge on any atom is -0.503 e. The molecule has 0 aliphatic carbocycles. The summed E-state index contributed by atoms with van der Waals surface area (Å²) >= 11 is 12.1. The lowest BCUT2D eigenvalue weighted by Gasteiger charge is -2.27. The standard InChI is InChI=1S/C15H15Cl2NO4/c1-8(19)12-13(10-4-3-9(16)7-11(10)17)18(5-6-22-2)15(21)14(12)20/h3-4,7,13,20H,5-6H2,1-2H3. The highest BCUT2D eigenvalue weighted by molar-refractivity contribution is 6.35. The Bertz CT molecular complexity index is 657. The Balaban J connectivity index is 2.54. The van der Waals surface area contributed by atoms with Crippen molar-refractivity contribution in [2.45, 2.75) is 13.0 Å². The van der Waals surface area contributed by atoms with Gasteiger partial charge in [-0.2, -0.15) is 0 Å². The summed E-state index contributed by atoms with van der Waals surface area (Å²) in [6, 6.07) is 4.05. The quantitative estimate of drug-likeness (QED) is 0.892. The predicted octanol–water partition coefficient (Wildman–Crippen LogP) is 2.92. The fourth-order valence-electron chi connectivity index (χ4n) is 2.48. The molecule has 1 unspecified atom stereocenters. The van der Waals surface area contributed by atoms with E-state index in [2.05, 4.69) is 0 Å². The van der Waals surface area contributed by atoms with Crippen LogP contribution in [-0.2, 0) is 14.3 Å². The third-order valence-corrected chi connectivity index (χ3v) is 4.04. The Kier molecular flexibility index (Phi) is 5.11. The maximum atomic E-state index is 12.2. The number of hydrogen-bond acceptors (Lipinski definition) is 4. The summed E-state index contributed by atoms with van der Waals surface area (Å²) in [4.78, 5) is 25.5. The topological polar surface area (TPSA) is 66.8 Å². The SMILES string of the molecule is COCCN1C(=O)C(O)=C(C(C)=O)C1c1ccc(Cl)cc1Cl. The number of carbonyl (C=O) groups excluding carboxylic acids is 2. The molecule has 5 nitrogen and oxygen atoms in total. The Labute approximate surface area is 138 Å². The summed E-state index contributed by atoms with van der Waals surface area (Å²) in [6.45, 7) is 1.79. The highest BCUT2D eigenvalue weighted by Gasteiger charge is 2.42. The smallest absolute Gasteiger partial charge is 0.290 e. The lowest BCUT2D eigenvalue weighted by atomic mass is 9.96. The molecule has 1 heterocycles. The van der Waals surface area contributed by atoms with Crippen molar-refractivity contribution in [2.24, 2.45) is 0 Å². The van der Waals surface area contributed by atoms with Crippen LogP contribution >= 0.6 is 23.2 Å². The van der Waals surface area contributed by atoms with Gasteiger partial charge in [-0.1, -0.05) is 29.3 Å². The molecule has 0 aromatic heterocycles. The Morgan fingerprint density at radius 1 is 1.41 bits per heavy atom. The van der Waals surface area contributed by atoms with Crippen molar-refractivity contribution in [1.29, 1.82) is 0 Å². The van der Waals surface area contributed by atoms with Crippen molar-refractivity contribution >= 4 is 34.9 Å². The molecular weight excluding hydrogens is 329 g/mol. The van der Waals surface area contributed by atoms with Crippen LogP contribution in [0.4, 0.5) is 0 Å². The predicted molar refractivity (Wildman–Crippen MR) is 83.1 cm³/mol. The first-order valence-corrected chi connectivity index (χ1v) is 7.33. The number of aliphatic hydroxyl groups excluding tert-OH is 1. The highest BCUT2D eigenvalue weighted by Crippen LogP contribution is 2.40. The van der Waals surface area contributed by atoms with Crippen LogP contribution in [-0.4, -0.2) is 42.0 Å². The van der Waals surface area contributed by atoms with Gasteiger partial charge in [-0.15, -0.1) is 0 Å². The molecular formula is C15H15Cl2NO4. The molecule has 1 aromatic rings. The number of ether oxygens (including phenoxy) is 1. The van der Waals surface area contributed by atoms with Crippen LogP contribution in [0.1, 0.15) is 18.5 Å². The van der Waals surface area contributed by atoms with E-state index in [9.17, 15) is 14.7 Å². The lowest BCUT2D eigenvalue weighted by Crippen LogP contribution is -2.34. The van der Waals surface area contributed by atoms with E-state index in [1.165, 1.54) is 25.0 Å². The summed E-state index contributed by atoms with van der Waals surface area (Å²) in [6.07, 6.45) is 0. The van der Waals surface area contributed by atoms with Crippen LogP contribution < -0.4 is 0 Å². The zero-order chi connectivity index (χ0) is 16.4. The fourth-order valence-corrected chi connectivity index (χ4v) is 2.99. The molecule has 0 fully saturated rings. The van der Waals surface area contributed by atoms with E-state index in [0.717, 1.165) is 0 Å². The Morgan fingerprint density at radius 2 is 2.09 bits per heavy atom. The number of aliphatic hydroxyl groups is 1. The zero-order valence-corrected chi connectivity index (χ0v) is 13.6. The van der Waals surface area contributed by atoms with E-state index in [4.69, 9.17) is 27.9 Å². The number of amides is 1. The van der Waals surface area contributed by atoms with Crippen LogP contribution in [0.15, 0.2) is 29.5 Å². The summed E-state index contributed by atoms with van der Waals surface area (Å²) in [5.74, 6) is -1.54. The summed E-state index contributed by atoms with van der Waals surface area (Å²) in [5, 5.41) is 10.8. The Morgan fingerprint density at radius 3 is 2.64 bits per heavy atom. The molecule has 1 amide bonds. The molecule has 7 heteroatoms.